The van der Waals surface area contributed by atoms with Gasteiger partial charge in [0.15, 0.2) is 5.96 Å². The van der Waals surface area contributed by atoms with Gasteiger partial charge in [0.1, 0.15) is 6.54 Å². The van der Waals surface area contributed by atoms with Crippen molar-refractivity contribution in [2.45, 2.75) is 45.8 Å². The second-order valence-electron chi connectivity index (χ2n) is 6.84. The van der Waals surface area contributed by atoms with Crippen LogP contribution in [0.5, 0.6) is 0 Å². The van der Waals surface area contributed by atoms with Crippen molar-refractivity contribution in [3.63, 3.8) is 0 Å². The number of ether oxygens (including phenoxy) is 1. The van der Waals surface area contributed by atoms with Crippen LogP contribution < -0.4 is 10.6 Å². The van der Waals surface area contributed by atoms with Crippen molar-refractivity contribution in [2.75, 3.05) is 32.8 Å². The summed E-state index contributed by atoms with van der Waals surface area (Å²) >= 11 is 0. The molecule has 0 radical (unpaired) electrons. The molecule has 1 aliphatic heterocycles. The van der Waals surface area contributed by atoms with Gasteiger partial charge in [-0.2, -0.15) is 0 Å². The Morgan fingerprint density at radius 1 is 1.26 bits per heavy atom. The van der Waals surface area contributed by atoms with E-state index < -0.39 is 0 Å². The van der Waals surface area contributed by atoms with Crippen LogP contribution in [0.25, 0.3) is 0 Å². The van der Waals surface area contributed by atoms with E-state index in [2.05, 4.69) is 22.5 Å². The van der Waals surface area contributed by atoms with Crippen molar-refractivity contribution in [2.24, 2.45) is 4.99 Å². The molecule has 7 heteroatoms. The number of benzene rings is 1. The first-order chi connectivity index (χ1) is 12.6. The average molecular weight is 488 g/mol. The second kappa shape index (κ2) is 12.2. The maximum atomic E-state index is 12.5. The first-order valence-electron chi connectivity index (χ1n) is 9.54. The Kier molecular flexibility index (Phi) is 10.7. The zero-order valence-electron chi connectivity index (χ0n) is 16.7. The highest BCUT2D eigenvalue weighted by Crippen LogP contribution is 2.23. The van der Waals surface area contributed by atoms with Crippen LogP contribution in [-0.2, 0) is 16.1 Å². The number of likely N-dealkylation sites (N-methyl/N-ethyl adjacent to an activating group) is 1. The van der Waals surface area contributed by atoms with Crippen LogP contribution in [0.4, 0.5) is 0 Å². The fraction of sp³-hybridized carbons (Fsp3) is 0.600. The normalized spacial score (nSPS) is 19.3. The van der Waals surface area contributed by atoms with Gasteiger partial charge in [-0.05, 0) is 39.2 Å². The molecular formula is C20H33IN4O2. The van der Waals surface area contributed by atoms with Crippen molar-refractivity contribution in [1.29, 1.82) is 0 Å². The van der Waals surface area contributed by atoms with E-state index >= 15 is 0 Å². The summed E-state index contributed by atoms with van der Waals surface area (Å²) in [5.74, 6) is 0.685. The zero-order valence-corrected chi connectivity index (χ0v) is 19.0. The fourth-order valence-electron chi connectivity index (χ4n) is 3.02. The Morgan fingerprint density at radius 3 is 2.59 bits per heavy atom. The molecule has 0 saturated carbocycles. The molecule has 27 heavy (non-hydrogen) atoms. The highest BCUT2D eigenvalue weighted by molar-refractivity contribution is 14.0. The molecular weight excluding hydrogens is 455 g/mol. The van der Waals surface area contributed by atoms with Gasteiger partial charge in [-0.25, -0.2) is 4.99 Å². The third-order valence-electron chi connectivity index (χ3n) is 4.60. The van der Waals surface area contributed by atoms with Crippen LogP contribution in [0.2, 0.25) is 0 Å². The molecule has 1 aromatic rings. The first kappa shape index (κ1) is 23.7. The van der Waals surface area contributed by atoms with E-state index in [-0.39, 0.29) is 42.0 Å². The Labute approximate surface area is 180 Å². The molecule has 152 valence electrons. The van der Waals surface area contributed by atoms with Crippen molar-refractivity contribution >= 4 is 35.8 Å². The van der Waals surface area contributed by atoms with E-state index in [9.17, 15) is 4.79 Å². The summed E-state index contributed by atoms with van der Waals surface area (Å²) in [4.78, 5) is 18.8. The number of amides is 1. The van der Waals surface area contributed by atoms with E-state index in [1.54, 1.807) is 0 Å². The maximum Gasteiger partial charge on any atom is 0.244 e. The predicted octanol–water partition coefficient (Wildman–Crippen LogP) is 2.78. The predicted molar refractivity (Wildman–Crippen MR) is 121 cm³/mol. The van der Waals surface area contributed by atoms with Crippen LogP contribution in [0.15, 0.2) is 35.3 Å². The summed E-state index contributed by atoms with van der Waals surface area (Å²) in [7, 11) is 0. The molecule has 1 heterocycles. The Hall–Kier alpha value is -1.35. The summed E-state index contributed by atoms with van der Waals surface area (Å²) in [6.45, 7) is 9.78. The first-order valence-corrected chi connectivity index (χ1v) is 9.54. The monoisotopic (exact) mass is 488 g/mol. The van der Waals surface area contributed by atoms with Crippen LogP contribution in [0.1, 0.15) is 39.2 Å². The van der Waals surface area contributed by atoms with E-state index in [4.69, 9.17) is 4.74 Å². The summed E-state index contributed by atoms with van der Waals surface area (Å²) in [6.07, 6.45) is 2.13. The van der Waals surface area contributed by atoms with Crippen LogP contribution in [0.3, 0.4) is 0 Å². The lowest BCUT2D eigenvalue weighted by Crippen LogP contribution is -2.46. The molecule has 1 aliphatic rings. The number of aliphatic imine (C=N–C) groups is 1. The Bertz CT molecular complexity index is 589. The Morgan fingerprint density at radius 2 is 2.00 bits per heavy atom. The van der Waals surface area contributed by atoms with Crippen LogP contribution in [-0.4, -0.2) is 55.2 Å². The number of guanidine groups is 1. The zero-order chi connectivity index (χ0) is 18.8. The molecule has 1 saturated heterocycles. The molecule has 2 rings (SSSR count). The number of halogens is 1. The number of nitrogens with zero attached hydrogens (tertiary/aromatic N) is 2. The summed E-state index contributed by atoms with van der Waals surface area (Å²) in [5.41, 5.74) is 0.978. The lowest BCUT2D eigenvalue weighted by Gasteiger charge is -2.25. The number of hydrogen-bond acceptors (Lipinski definition) is 3. The number of rotatable bonds is 8. The van der Waals surface area contributed by atoms with Crippen molar-refractivity contribution in [1.82, 2.24) is 15.5 Å². The van der Waals surface area contributed by atoms with Crippen LogP contribution >= 0.6 is 24.0 Å². The van der Waals surface area contributed by atoms with E-state index in [0.717, 1.165) is 31.6 Å². The van der Waals surface area contributed by atoms with Gasteiger partial charge in [-0.3, -0.25) is 4.79 Å². The molecule has 0 aliphatic carbocycles. The summed E-state index contributed by atoms with van der Waals surface area (Å²) in [5, 5.41) is 6.51. The molecule has 6 nitrogen and oxygen atoms in total. The fourth-order valence-corrected chi connectivity index (χ4v) is 3.02. The van der Waals surface area contributed by atoms with E-state index in [1.165, 1.54) is 0 Å². The van der Waals surface area contributed by atoms with Gasteiger partial charge in [0.05, 0.1) is 5.60 Å². The minimum atomic E-state index is -0.150. The van der Waals surface area contributed by atoms with Gasteiger partial charge in [0.2, 0.25) is 5.91 Å². The summed E-state index contributed by atoms with van der Waals surface area (Å²) in [6, 6.07) is 10.0. The molecule has 1 atom stereocenters. The largest absolute Gasteiger partial charge is 0.373 e. The standard InChI is InChI=1S/C20H32N4O2.HI/c1-4-21-19(23-16-20(3)12-9-13-26-20)22-14-18(25)24(5-2)15-17-10-7-6-8-11-17;/h6-8,10-11H,4-5,9,12-16H2,1-3H3,(H2,21,22,23);1H. The second-order valence-corrected chi connectivity index (χ2v) is 6.84. The van der Waals surface area contributed by atoms with Crippen LogP contribution in [0, 0.1) is 0 Å². The lowest BCUT2D eigenvalue weighted by atomic mass is 10.0. The highest BCUT2D eigenvalue weighted by atomic mass is 127. The van der Waals surface area contributed by atoms with Gasteiger partial charge >= 0.3 is 0 Å². The minimum Gasteiger partial charge on any atom is -0.373 e. The number of carbonyl (C=O) groups is 1. The topological polar surface area (TPSA) is 66.0 Å². The third kappa shape index (κ3) is 8.04. The minimum absolute atomic E-state index is 0. The molecule has 1 amide bonds. The molecule has 1 fully saturated rings. The molecule has 0 bridgehead atoms. The average Bonchev–Trinajstić information content (AvgIpc) is 3.09. The molecule has 0 spiro atoms. The van der Waals surface area contributed by atoms with Gasteiger partial charge in [0, 0.05) is 32.8 Å². The lowest BCUT2D eigenvalue weighted by molar-refractivity contribution is -0.130. The maximum absolute atomic E-state index is 12.5. The van der Waals surface area contributed by atoms with Gasteiger partial charge in [-0.15, -0.1) is 24.0 Å². The van der Waals surface area contributed by atoms with Crippen molar-refractivity contribution < 1.29 is 9.53 Å². The molecule has 1 aromatic carbocycles. The smallest absolute Gasteiger partial charge is 0.244 e. The van der Waals surface area contributed by atoms with E-state index in [1.807, 2.05) is 49.1 Å². The third-order valence-corrected chi connectivity index (χ3v) is 4.60. The number of hydrogen-bond donors (Lipinski definition) is 2. The van der Waals surface area contributed by atoms with Gasteiger partial charge in [-0.1, -0.05) is 30.3 Å². The van der Waals surface area contributed by atoms with E-state index in [0.29, 0.717) is 25.6 Å². The van der Waals surface area contributed by atoms with Gasteiger partial charge in [0.25, 0.3) is 0 Å². The molecule has 0 aromatic heterocycles. The molecule has 1 unspecified atom stereocenters. The van der Waals surface area contributed by atoms with Crippen molar-refractivity contribution in [3.8, 4) is 0 Å². The van der Waals surface area contributed by atoms with Gasteiger partial charge < -0.3 is 20.3 Å². The molecule has 2 N–H and O–H groups in total. The van der Waals surface area contributed by atoms with Crippen molar-refractivity contribution in [3.05, 3.63) is 35.9 Å². The highest BCUT2D eigenvalue weighted by Gasteiger charge is 2.29. The number of carbonyl (C=O) groups excluding carboxylic acids is 1. The summed E-state index contributed by atoms with van der Waals surface area (Å²) < 4.78 is 5.80. The number of nitrogens with one attached hydrogen (secondary N) is 2. The quantitative estimate of drug-likeness (QED) is 0.336. The Balaban J connectivity index is 0.00000364. The SMILES string of the molecule is CCNC(=NCC(=O)N(CC)Cc1ccccc1)NCC1(C)CCCO1.I.